The number of ether oxygens (including phenoxy) is 2. The van der Waals surface area contributed by atoms with Gasteiger partial charge in [0.25, 0.3) is 0 Å². The monoisotopic (exact) mass is 230 g/mol. The Bertz CT molecular complexity index is 236. The van der Waals surface area contributed by atoms with Crippen molar-refractivity contribution in [3.63, 3.8) is 0 Å². The van der Waals surface area contributed by atoms with Gasteiger partial charge >= 0.3 is 0 Å². The molecule has 0 fully saturated rings. The zero-order valence-electron chi connectivity index (χ0n) is 9.23. The SMILES string of the molecule is CCOC(CNCc1cncs1)OCC. The third-order valence-corrected chi connectivity index (χ3v) is 2.58. The Labute approximate surface area is 94.6 Å². The lowest BCUT2D eigenvalue weighted by Crippen LogP contribution is -2.31. The average molecular weight is 230 g/mol. The molecule has 0 saturated heterocycles. The van der Waals surface area contributed by atoms with Crippen molar-refractivity contribution in [3.8, 4) is 0 Å². The molecule has 0 amide bonds. The van der Waals surface area contributed by atoms with Crippen molar-refractivity contribution in [2.24, 2.45) is 0 Å². The van der Waals surface area contributed by atoms with Gasteiger partial charge in [-0.25, -0.2) is 0 Å². The van der Waals surface area contributed by atoms with Crippen molar-refractivity contribution in [1.29, 1.82) is 0 Å². The fraction of sp³-hybridized carbons (Fsp3) is 0.700. The molecular weight excluding hydrogens is 212 g/mol. The summed E-state index contributed by atoms with van der Waals surface area (Å²) >= 11 is 1.65. The quantitative estimate of drug-likeness (QED) is 0.689. The van der Waals surface area contributed by atoms with Crippen LogP contribution in [0.3, 0.4) is 0 Å². The number of aromatic nitrogens is 1. The second-order valence-electron chi connectivity index (χ2n) is 2.94. The molecule has 1 rings (SSSR count). The van der Waals surface area contributed by atoms with Crippen LogP contribution in [0, 0.1) is 0 Å². The van der Waals surface area contributed by atoms with Crippen molar-refractivity contribution in [3.05, 3.63) is 16.6 Å². The van der Waals surface area contributed by atoms with Gasteiger partial charge in [0.2, 0.25) is 0 Å². The molecule has 1 aromatic heterocycles. The van der Waals surface area contributed by atoms with Gasteiger partial charge in [-0.3, -0.25) is 4.98 Å². The van der Waals surface area contributed by atoms with E-state index in [0.29, 0.717) is 19.8 Å². The third kappa shape index (κ3) is 5.22. The van der Waals surface area contributed by atoms with Crippen molar-refractivity contribution in [2.75, 3.05) is 19.8 Å². The summed E-state index contributed by atoms with van der Waals surface area (Å²) in [6.45, 7) is 6.81. The molecule has 0 atom stereocenters. The summed E-state index contributed by atoms with van der Waals surface area (Å²) in [5, 5.41) is 3.28. The molecule has 86 valence electrons. The molecule has 0 unspecified atom stereocenters. The van der Waals surface area contributed by atoms with Gasteiger partial charge in [0.1, 0.15) is 0 Å². The average Bonchev–Trinajstić information content (AvgIpc) is 2.71. The zero-order chi connectivity index (χ0) is 10.9. The molecule has 1 heterocycles. The molecule has 0 aliphatic heterocycles. The normalized spacial score (nSPS) is 11.1. The second kappa shape index (κ2) is 7.76. The van der Waals surface area contributed by atoms with Crippen molar-refractivity contribution < 1.29 is 9.47 Å². The molecule has 0 bridgehead atoms. The van der Waals surface area contributed by atoms with E-state index in [-0.39, 0.29) is 6.29 Å². The lowest BCUT2D eigenvalue weighted by atomic mass is 10.5. The number of hydrogen-bond donors (Lipinski definition) is 1. The Morgan fingerprint density at radius 1 is 1.40 bits per heavy atom. The van der Waals surface area contributed by atoms with E-state index in [1.54, 1.807) is 11.3 Å². The highest BCUT2D eigenvalue weighted by Gasteiger charge is 2.06. The maximum Gasteiger partial charge on any atom is 0.169 e. The first-order chi connectivity index (χ1) is 7.36. The highest BCUT2D eigenvalue weighted by Crippen LogP contribution is 2.04. The fourth-order valence-corrected chi connectivity index (χ4v) is 1.74. The highest BCUT2D eigenvalue weighted by atomic mass is 32.1. The van der Waals surface area contributed by atoms with Crippen LogP contribution in [0.1, 0.15) is 18.7 Å². The molecule has 0 spiro atoms. The van der Waals surface area contributed by atoms with Crippen LogP contribution in [0.5, 0.6) is 0 Å². The molecule has 0 aliphatic carbocycles. The van der Waals surface area contributed by atoms with Gasteiger partial charge in [-0.2, -0.15) is 0 Å². The molecule has 4 nitrogen and oxygen atoms in total. The van der Waals surface area contributed by atoms with E-state index in [9.17, 15) is 0 Å². The molecule has 1 aromatic rings. The van der Waals surface area contributed by atoms with Crippen LogP contribution < -0.4 is 5.32 Å². The predicted molar refractivity (Wildman–Crippen MR) is 60.9 cm³/mol. The Morgan fingerprint density at radius 2 is 2.13 bits per heavy atom. The molecule has 0 aliphatic rings. The fourth-order valence-electron chi connectivity index (χ4n) is 1.18. The van der Waals surface area contributed by atoms with E-state index in [1.165, 1.54) is 4.88 Å². The van der Waals surface area contributed by atoms with E-state index in [4.69, 9.17) is 9.47 Å². The minimum Gasteiger partial charge on any atom is -0.352 e. The lowest BCUT2D eigenvalue weighted by Gasteiger charge is -2.16. The summed E-state index contributed by atoms with van der Waals surface area (Å²) in [6, 6.07) is 0. The molecule has 1 N–H and O–H groups in total. The standard InChI is InChI=1S/C10H18N2O2S/c1-3-13-10(14-4-2)7-11-5-9-6-12-8-15-9/h6,8,10-11H,3-5,7H2,1-2H3. The summed E-state index contributed by atoms with van der Waals surface area (Å²) < 4.78 is 10.8. The maximum absolute atomic E-state index is 5.40. The molecule has 0 saturated carbocycles. The molecule has 0 radical (unpaired) electrons. The Hall–Kier alpha value is -0.490. The zero-order valence-corrected chi connectivity index (χ0v) is 10.0. The first-order valence-electron chi connectivity index (χ1n) is 5.18. The maximum atomic E-state index is 5.40. The third-order valence-electron chi connectivity index (χ3n) is 1.80. The summed E-state index contributed by atoms with van der Waals surface area (Å²) in [7, 11) is 0. The topological polar surface area (TPSA) is 43.4 Å². The number of nitrogens with one attached hydrogen (secondary N) is 1. The number of hydrogen-bond acceptors (Lipinski definition) is 5. The Kier molecular flexibility index (Phi) is 6.50. The Morgan fingerprint density at radius 3 is 2.67 bits per heavy atom. The molecule has 0 aromatic carbocycles. The van der Waals surface area contributed by atoms with Crippen molar-refractivity contribution >= 4 is 11.3 Å². The Balaban J connectivity index is 2.15. The van der Waals surface area contributed by atoms with Gasteiger partial charge < -0.3 is 14.8 Å². The van der Waals surface area contributed by atoms with Crippen LogP contribution in [-0.2, 0) is 16.0 Å². The van der Waals surface area contributed by atoms with Gasteiger partial charge in [0.15, 0.2) is 6.29 Å². The lowest BCUT2D eigenvalue weighted by molar-refractivity contribution is -0.133. The first kappa shape index (κ1) is 12.6. The minimum atomic E-state index is -0.145. The highest BCUT2D eigenvalue weighted by molar-refractivity contribution is 7.09. The van der Waals surface area contributed by atoms with Gasteiger partial charge in [-0.05, 0) is 13.8 Å². The molecule has 15 heavy (non-hydrogen) atoms. The van der Waals surface area contributed by atoms with E-state index in [0.717, 1.165) is 6.54 Å². The van der Waals surface area contributed by atoms with Crippen LogP contribution in [0.4, 0.5) is 0 Å². The second-order valence-corrected chi connectivity index (χ2v) is 3.91. The van der Waals surface area contributed by atoms with Crippen LogP contribution in [0.15, 0.2) is 11.7 Å². The number of nitrogens with zero attached hydrogens (tertiary/aromatic N) is 1. The van der Waals surface area contributed by atoms with Gasteiger partial charge in [0, 0.05) is 37.4 Å². The van der Waals surface area contributed by atoms with Gasteiger partial charge in [-0.15, -0.1) is 11.3 Å². The summed E-state index contributed by atoms with van der Waals surface area (Å²) in [4.78, 5) is 5.23. The summed E-state index contributed by atoms with van der Waals surface area (Å²) in [6.07, 6.45) is 1.72. The van der Waals surface area contributed by atoms with E-state index < -0.39 is 0 Å². The number of thiazole rings is 1. The predicted octanol–water partition coefficient (Wildman–Crippen LogP) is 1.63. The van der Waals surface area contributed by atoms with Crippen LogP contribution >= 0.6 is 11.3 Å². The summed E-state index contributed by atoms with van der Waals surface area (Å²) in [5.74, 6) is 0. The van der Waals surface area contributed by atoms with E-state index in [1.807, 2.05) is 25.6 Å². The number of rotatable bonds is 8. The van der Waals surface area contributed by atoms with Crippen LogP contribution in [0.25, 0.3) is 0 Å². The van der Waals surface area contributed by atoms with Crippen LogP contribution in [-0.4, -0.2) is 31.0 Å². The summed E-state index contributed by atoms with van der Waals surface area (Å²) in [5.41, 5.74) is 1.83. The smallest absolute Gasteiger partial charge is 0.169 e. The van der Waals surface area contributed by atoms with Crippen molar-refractivity contribution in [1.82, 2.24) is 10.3 Å². The largest absolute Gasteiger partial charge is 0.352 e. The minimum absolute atomic E-state index is 0.145. The van der Waals surface area contributed by atoms with Gasteiger partial charge in [-0.1, -0.05) is 0 Å². The van der Waals surface area contributed by atoms with E-state index in [2.05, 4.69) is 10.3 Å². The van der Waals surface area contributed by atoms with E-state index >= 15 is 0 Å². The molecular formula is C10H18N2O2S. The first-order valence-corrected chi connectivity index (χ1v) is 6.06. The van der Waals surface area contributed by atoms with Crippen molar-refractivity contribution in [2.45, 2.75) is 26.7 Å². The van der Waals surface area contributed by atoms with Crippen LogP contribution in [0.2, 0.25) is 0 Å². The molecule has 5 heteroatoms. The van der Waals surface area contributed by atoms with Gasteiger partial charge in [0.05, 0.1) is 5.51 Å².